The summed E-state index contributed by atoms with van der Waals surface area (Å²) in [6, 6.07) is 19.6. The van der Waals surface area contributed by atoms with Gasteiger partial charge in [0.1, 0.15) is 5.75 Å². The molecule has 0 heterocycles. The summed E-state index contributed by atoms with van der Waals surface area (Å²) in [5.74, 6) is 0.234. The van der Waals surface area contributed by atoms with Crippen LogP contribution >= 0.6 is 31.9 Å². The number of hydrogen-bond donors (Lipinski definition) is 1. The van der Waals surface area contributed by atoms with Gasteiger partial charge in [-0.25, -0.2) is 0 Å². The van der Waals surface area contributed by atoms with Crippen LogP contribution in [0.4, 0.5) is 0 Å². The summed E-state index contributed by atoms with van der Waals surface area (Å²) in [4.78, 5) is 0. The second kappa shape index (κ2) is 9.76. The molecular weight excluding hydrogens is 476 g/mol. The molecule has 0 amide bonds. The van der Waals surface area contributed by atoms with E-state index in [1.165, 1.54) is 47.1 Å². The van der Waals surface area contributed by atoms with Crippen LogP contribution in [0.15, 0.2) is 63.5 Å². The molecule has 3 heteroatoms. The highest BCUT2D eigenvalue weighted by Gasteiger charge is 2.11. The number of rotatable bonds is 7. The Bertz CT molecular complexity index is 922. The monoisotopic (exact) mass is 500 g/mol. The van der Waals surface area contributed by atoms with Crippen LogP contribution in [0.3, 0.4) is 0 Å². The topological polar surface area (TPSA) is 20.2 Å². The van der Waals surface area contributed by atoms with Gasteiger partial charge in [-0.05, 0) is 96.6 Å². The van der Waals surface area contributed by atoms with Crippen molar-refractivity contribution < 1.29 is 5.11 Å². The Hall–Kier alpha value is -1.58. The fourth-order valence-electron chi connectivity index (χ4n) is 3.51. The minimum absolute atomic E-state index is 0.234. The third kappa shape index (κ3) is 4.87. The van der Waals surface area contributed by atoms with E-state index in [0.29, 0.717) is 8.95 Å². The number of hydrogen-bond acceptors (Lipinski definition) is 1. The van der Waals surface area contributed by atoms with Crippen LogP contribution in [0.5, 0.6) is 5.75 Å². The first-order valence-corrected chi connectivity index (χ1v) is 11.5. The van der Waals surface area contributed by atoms with E-state index in [1.54, 1.807) is 0 Å². The minimum Gasteiger partial charge on any atom is -0.506 e. The van der Waals surface area contributed by atoms with Crippen molar-refractivity contribution in [2.24, 2.45) is 0 Å². The molecule has 0 saturated heterocycles. The third-order valence-corrected chi connectivity index (χ3v) is 6.38. The van der Waals surface area contributed by atoms with Gasteiger partial charge in [0.25, 0.3) is 0 Å². The molecule has 3 rings (SSSR count). The highest BCUT2D eigenvalue weighted by atomic mass is 79.9. The zero-order chi connectivity index (χ0) is 20.1. The molecule has 0 radical (unpaired) electrons. The van der Waals surface area contributed by atoms with E-state index >= 15 is 0 Å². The molecule has 0 saturated carbocycles. The van der Waals surface area contributed by atoms with Crippen LogP contribution in [-0.4, -0.2) is 5.11 Å². The molecule has 0 aromatic heterocycles. The molecule has 3 aromatic carbocycles. The second-order valence-corrected chi connectivity index (χ2v) is 8.88. The maximum absolute atomic E-state index is 9.99. The maximum atomic E-state index is 9.99. The summed E-state index contributed by atoms with van der Waals surface area (Å²) < 4.78 is 1.39. The van der Waals surface area contributed by atoms with Crippen molar-refractivity contribution in [2.75, 3.05) is 0 Å². The molecular formula is C25H26Br2O. The lowest BCUT2D eigenvalue weighted by Gasteiger charge is -2.13. The number of aromatic hydroxyl groups is 1. The van der Waals surface area contributed by atoms with Gasteiger partial charge < -0.3 is 5.11 Å². The molecule has 0 aliphatic rings. The van der Waals surface area contributed by atoms with Gasteiger partial charge >= 0.3 is 0 Å². The molecule has 0 aliphatic heterocycles. The molecule has 0 bridgehead atoms. The van der Waals surface area contributed by atoms with E-state index in [2.05, 4.69) is 88.2 Å². The van der Waals surface area contributed by atoms with E-state index in [-0.39, 0.29) is 5.75 Å². The largest absolute Gasteiger partial charge is 0.506 e. The summed E-state index contributed by atoms with van der Waals surface area (Å²) in [6.45, 7) is 4.43. The van der Waals surface area contributed by atoms with Crippen LogP contribution in [0.2, 0.25) is 0 Å². The van der Waals surface area contributed by atoms with Gasteiger partial charge in [-0.3, -0.25) is 0 Å². The SMILES string of the molecule is CCCCCc1ccc(-c2ccc(-c3cc(Br)c(O)c(Br)c3)c(CC)c2)cc1. The minimum atomic E-state index is 0.234. The summed E-state index contributed by atoms with van der Waals surface area (Å²) in [7, 11) is 0. The average molecular weight is 502 g/mol. The van der Waals surface area contributed by atoms with Crippen LogP contribution in [0, 0.1) is 0 Å². The lowest BCUT2D eigenvalue weighted by molar-refractivity contribution is 0.468. The quantitative estimate of drug-likeness (QED) is 0.321. The molecule has 146 valence electrons. The zero-order valence-corrected chi connectivity index (χ0v) is 19.6. The highest BCUT2D eigenvalue weighted by Crippen LogP contribution is 2.38. The summed E-state index contributed by atoms with van der Waals surface area (Å²) >= 11 is 6.88. The van der Waals surface area contributed by atoms with Crippen molar-refractivity contribution in [1.82, 2.24) is 0 Å². The van der Waals surface area contributed by atoms with E-state index in [1.807, 2.05) is 12.1 Å². The van der Waals surface area contributed by atoms with Gasteiger partial charge in [-0.2, -0.15) is 0 Å². The van der Waals surface area contributed by atoms with E-state index in [9.17, 15) is 5.11 Å². The molecule has 1 N–H and O–H groups in total. The molecule has 0 fully saturated rings. The third-order valence-electron chi connectivity index (χ3n) is 5.17. The van der Waals surface area contributed by atoms with Crippen LogP contribution in [0.1, 0.15) is 44.2 Å². The first kappa shape index (κ1) is 21.1. The normalized spacial score (nSPS) is 11.0. The Kier molecular flexibility index (Phi) is 7.36. The van der Waals surface area contributed by atoms with Gasteiger partial charge in [-0.15, -0.1) is 0 Å². The highest BCUT2D eigenvalue weighted by molar-refractivity contribution is 9.11. The Morgan fingerprint density at radius 2 is 1.39 bits per heavy atom. The van der Waals surface area contributed by atoms with Crippen LogP contribution < -0.4 is 0 Å². The summed E-state index contributed by atoms with van der Waals surface area (Å²) in [6.07, 6.45) is 5.94. The molecule has 3 aromatic rings. The molecule has 1 nitrogen and oxygen atoms in total. The molecule has 0 spiro atoms. The fourth-order valence-corrected chi connectivity index (χ4v) is 4.70. The number of aryl methyl sites for hydroxylation is 2. The fraction of sp³-hybridized carbons (Fsp3) is 0.280. The molecule has 0 aliphatic carbocycles. The number of benzene rings is 3. The number of unbranched alkanes of at least 4 members (excludes halogenated alkanes) is 2. The number of halogens is 2. The molecule has 28 heavy (non-hydrogen) atoms. The summed E-state index contributed by atoms with van der Waals surface area (Å²) in [5.41, 5.74) is 7.51. The van der Waals surface area contributed by atoms with Gasteiger partial charge in [0.2, 0.25) is 0 Å². The Balaban J connectivity index is 1.89. The molecule has 0 unspecified atom stereocenters. The van der Waals surface area contributed by atoms with Crippen molar-refractivity contribution in [1.29, 1.82) is 0 Å². The first-order valence-electron chi connectivity index (χ1n) is 9.94. The Morgan fingerprint density at radius 1 is 0.750 bits per heavy atom. The van der Waals surface area contributed by atoms with E-state index in [0.717, 1.165) is 18.4 Å². The van der Waals surface area contributed by atoms with Gasteiger partial charge in [0, 0.05) is 0 Å². The standard InChI is InChI=1S/C25H26Br2O/c1-3-5-6-7-17-8-10-19(11-9-17)20-12-13-22(18(4-2)14-20)21-15-23(26)25(28)24(27)16-21/h8-16,28H,3-7H2,1-2H3. The second-order valence-electron chi connectivity index (χ2n) is 7.17. The van der Waals surface area contributed by atoms with Crippen molar-refractivity contribution >= 4 is 31.9 Å². The Morgan fingerprint density at radius 3 is 2.00 bits per heavy atom. The lowest BCUT2D eigenvalue weighted by Crippen LogP contribution is -1.91. The zero-order valence-electron chi connectivity index (χ0n) is 16.4. The van der Waals surface area contributed by atoms with Crippen molar-refractivity contribution in [2.45, 2.75) is 46.0 Å². The van der Waals surface area contributed by atoms with Crippen molar-refractivity contribution in [3.8, 4) is 28.0 Å². The van der Waals surface area contributed by atoms with Crippen molar-refractivity contribution in [3.05, 3.63) is 74.7 Å². The summed E-state index contributed by atoms with van der Waals surface area (Å²) in [5, 5.41) is 9.99. The molecule has 0 atom stereocenters. The first-order chi connectivity index (χ1) is 13.5. The number of phenolic OH excluding ortho intramolecular Hbond substituents is 1. The van der Waals surface area contributed by atoms with Gasteiger partial charge in [0.15, 0.2) is 0 Å². The predicted octanol–water partition coefficient (Wildman–Crippen LogP) is 8.55. The lowest BCUT2D eigenvalue weighted by atomic mass is 9.93. The number of phenols is 1. The van der Waals surface area contributed by atoms with E-state index in [4.69, 9.17) is 0 Å². The van der Waals surface area contributed by atoms with Gasteiger partial charge in [-0.1, -0.05) is 69.2 Å². The predicted molar refractivity (Wildman–Crippen MR) is 127 cm³/mol. The average Bonchev–Trinajstić information content (AvgIpc) is 2.72. The van der Waals surface area contributed by atoms with Gasteiger partial charge in [0.05, 0.1) is 8.95 Å². The van der Waals surface area contributed by atoms with E-state index < -0.39 is 0 Å². The van der Waals surface area contributed by atoms with Crippen molar-refractivity contribution in [3.63, 3.8) is 0 Å². The van der Waals surface area contributed by atoms with Crippen LogP contribution in [0.25, 0.3) is 22.3 Å². The smallest absolute Gasteiger partial charge is 0.143 e. The Labute approximate surface area is 185 Å². The van der Waals surface area contributed by atoms with Crippen LogP contribution in [-0.2, 0) is 12.8 Å². The maximum Gasteiger partial charge on any atom is 0.143 e.